The van der Waals surface area contributed by atoms with Crippen molar-refractivity contribution in [2.24, 2.45) is 0 Å². The zero-order chi connectivity index (χ0) is 13.8. The van der Waals surface area contributed by atoms with Crippen LogP contribution in [-0.4, -0.2) is 11.2 Å². The summed E-state index contributed by atoms with van der Waals surface area (Å²) in [6.45, 7) is 0. The monoisotopic (exact) mass is 262 g/mol. The van der Waals surface area contributed by atoms with Gasteiger partial charge in [-0.1, -0.05) is 72.8 Å². The van der Waals surface area contributed by atoms with Gasteiger partial charge in [0, 0.05) is 0 Å². The fourth-order valence-electron chi connectivity index (χ4n) is 2.63. The lowest BCUT2D eigenvalue weighted by Gasteiger charge is -2.07. The number of rotatable bonds is 2. The van der Waals surface area contributed by atoms with Crippen molar-refractivity contribution in [2.75, 3.05) is 0 Å². The fraction of sp³-hybridized carbons (Fsp3) is 0.158. The Kier molecular flexibility index (Phi) is 3.80. The number of hydrogen-bond acceptors (Lipinski definition) is 1. The van der Waals surface area contributed by atoms with Gasteiger partial charge in [-0.3, -0.25) is 0 Å². The van der Waals surface area contributed by atoms with Gasteiger partial charge in [0.15, 0.2) is 0 Å². The highest BCUT2D eigenvalue weighted by Gasteiger charge is 2.23. The molecule has 1 fully saturated rings. The van der Waals surface area contributed by atoms with E-state index in [1.165, 1.54) is 0 Å². The molecule has 0 spiro atoms. The Labute approximate surface area is 119 Å². The van der Waals surface area contributed by atoms with Crippen LogP contribution in [0.1, 0.15) is 24.0 Å². The Bertz CT molecular complexity index is 566. The van der Waals surface area contributed by atoms with Crippen molar-refractivity contribution < 1.29 is 5.11 Å². The van der Waals surface area contributed by atoms with Crippen LogP contribution in [0.25, 0.3) is 12.2 Å². The molecule has 20 heavy (non-hydrogen) atoms. The number of aliphatic hydroxyl groups is 1. The summed E-state index contributed by atoms with van der Waals surface area (Å²) in [4.78, 5) is 0. The Balaban J connectivity index is 1.83. The maximum Gasteiger partial charge on any atom is 0.0967 e. The average molecular weight is 262 g/mol. The number of hydrogen-bond donors (Lipinski definition) is 1. The zero-order valence-corrected chi connectivity index (χ0v) is 11.4. The number of benzene rings is 2. The zero-order valence-electron chi connectivity index (χ0n) is 11.4. The van der Waals surface area contributed by atoms with Crippen LogP contribution >= 0.6 is 0 Å². The van der Waals surface area contributed by atoms with Crippen LogP contribution in [0, 0.1) is 0 Å². The molecular weight excluding hydrogens is 244 g/mol. The van der Waals surface area contributed by atoms with Crippen molar-refractivity contribution in [2.45, 2.75) is 18.9 Å². The molecule has 1 saturated carbocycles. The van der Waals surface area contributed by atoms with Gasteiger partial charge in [-0.05, 0) is 35.1 Å². The summed E-state index contributed by atoms with van der Waals surface area (Å²) in [5.74, 6) is 0. The fourth-order valence-corrected chi connectivity index (χ4v) is 2.63. The van der Waals surface area contributed by atoms with Gasteiger partial charge in [0.1, 0.15) is 0 Å². The topological polar surface area (TPSA) is 20.2 Å². The summed E-state index contributed by atoms with van der Waals surface area (Å²) in [6, 6.07) is 20.4. The molecule has 1 N–H and O–H groups in total. The summed E-state index contributed by atoms with van der Waals surface area (Å²) in [5.41, 5.74) is 4.53. The molecule has 0 saturated heterocycles. The van der Waals surface area contributed by atoms with Gasteiger partial charge in [-0.2, -0.15) is 0 Å². The van der Waals surface area contributed by atoms with Crippen LogP contribution in [0.15, 0.2) is 71.8 Å². The van der Waals surface area contributed by atoms with E-state index in [2.05, 4.69) is 36.4 Å². The Morgan fingerprint density at radius 3 is 1.50 bits per heavy atom. The second-order valence-electron chi connectivity index (χ2n) is 5.16. The molecule has 0 atom stereocenters. The molecule has 2 aromatic rings. The first-order valence-electron chi connectivity index (χ1n) is 7.02. The highest BCUT2D eigenvalue weighted by Crippen LogP contribution is 2.32. The predicted octanol–water partition coefficient (Wildman–Crippen LogP) is 4.31. The van der Waals surface area contributed by atoms with Crippen molar-refractivity contribution in [3.05, 3.63) is 82.9 Å². The molecule has 100 valence electrons. The second-order valence-corrected chi connectivity index (χ2v) is 5.16. The molecule has 1 aliphatic rings. The molecule has 0 heterocycles. The standard InChI is InChI=1S/C19H18O/c20-19-17(13-15-7-3-1-4-8-15)11-12-18(19)14-16-9-5-2-6-10-16/h1-10,13-14,19-20H,11-12H2/b17-13-,18-14-. The second kappa shape index (κ2) is 5.89. The van der Waals surface area contributed by atoms with Gasteiger partial charge in [-0.25, -0.2) is 0 Å². The molecule has 1 nitrogen and oxygen atoms in total. The first kappa shape index (κ1) is 12.9. The lowest BCUT2D eigenvalue weighted by atomic mass is 10.1. The van der Waals surface area contributed by atoms with Crippen molar-refractivity contribution >= 4 is 12.2 Å². The first-order valence-corrected chi connectivity index (χ1v) is 7.02. The van der Waals surface area contributed by atoms with E-state index in [0.29, 0.717) is 0 Å². The van der Waals surface area contributed by atoms with E-state index in [1.807, 2.05) is 36.4 Å². The molecule has 1 aliphatic carbocycles. The van der Waals surface area contributed by atoms with E-state index in [-0.39, 0.29) is 0 Å². The average Bonchev–Trinajstić information content (AvgIpc) is 2.83. The van der Waals surface area contributed by atoms with Crippen LogP contribution in [0.3, 0.4) is 0 Å². The summed E-state index contributed by atoms with van der Waals surface area (Å²) < 4.78 is 0. The van der Waals surface area contributed by atoms with Gasteiger partial charge in [0.2, 0.25) is 0 Å². The molecule has 1 heteroatoms. The maximum atomic E-state index is 10.4. The minimum Gasteiger partial charge on any atom is -0.384 e. The number of aliphatic hydroxyl groups excluding tert-OH is 1. The van der Waals surface area contributed by atoms with Crippen LogP contribution in [0.5, 0.6) is 0 Å². The van der Waals surface area contributed by atoms with E-state index < -0.39 is 6.10 Å². The minimum absolute atomic E-state index is 0.435. The van der Waals surface area contributed by atoms with Crippen LogP contribution in [-0.2, 0) is 0 Å². The van der Waals surface area contributed by atoms with Gasteiger partial charge in [-0.15, -0.1) is 0 Å². The summed E-state index contributed by atoms with van der Waals surface area (Å²) in [5, 5.41) is 10.4. The molecule has 2 aromatic carbocycles. The largest absolute Gasteiger partial charge is 0.384 e. The van der Waals surface area contributed by atoms with Crippen molar-refractivity contribution in [1.82, 2.24) is 0 Å². The molecule has 0 aromatic heterocycles. The molecule has 0 radical (unpaired) electrons. The van der Waals surface area contributed by atoms with E-state index in [9.17, 15) is 5.11 Å². The van der Waals surface area contributed by atoms with Gasteiger partial charge in [0.05, 0.1) is 6.10 Å². The minimum atomic E-state index is -0.435. The van der Waals surface area contributed by atoms with Crippen LogP contribution in [0.4, 0.5) is 0 Å². The van der Waals surface area contributed by atoms with Crippen LogP contribution in [0.2, 0.25) is 0 Å². The third-order valence-corrected chi connectivity index (χ3v) is 3.71. The molecule has 0 aliphatic heterocycles. The van der Waals surface area contributed by atoms with E-state index in [0.717, 1.165) is 35.1 Å². The Morgan fingerprint density at radius 1 is 0.700 bits per heavy atom. The molecule has 0 amide bonds. The summed E-state index contributed by atoms with van der Waals surface area (Å²) in [7, 11) is 0. The quantitative estimate of drug-likeness (QED) is 0.855. The highest BCUT2D eigenvalue weighted by molar-refractivity contribution is 5.62. The molecule has 0 unspecified atom stereocenters. The van der Waals surface area contributed by atoms with Crippen LogP contribution < -0.4 is 0 Å². The smallest absolute Gasteiger partial charge is 0.0967 e. The van der Waals surface area contributed by atoms with Crippen molar-refractivity contribution in [3.63, 3.8) is 0 Å². The van der Waals surface area contributed by atoms with E-state index >= 15 is 0 Å². The first-order chi connectivity index (χ1) is 9.83. The van der Waals surface area contributed by atoms with Crippen molar-refractivity contribution in [3.8, 4) is 0 Å². The Hall–Kier alpha value is -2.12. The third kappa shape index (κ3) is 2.89. The molecule has 3 rings (SSSR count). The lowest BCUT2D eigenvalue weighted by molar-refractivity contribution is 0.257. The normalized spacial score (nSPS) is 22.6. The molecule has 0 bridgehead atoms. The lowest BCUT2D eigenvalue weighted by Crippen LogP contribution is -2.04. The SMILES string of the molecule is OC1/C(=C\c2ccccc2)CC/C1=C/c1ccccc1. The predicted molar refractivity (Wildman–Crippen MR) is 84.1 cm³/mol. The van der Waals surface area contributed by atoms with Gasteiger partial charge < -0.3 is 5.11 Å². The Morgan fingerprint density at radius 2 is 1.10 bits per heavy atom. The highest BCUT2D eigenvalue weighted by atomic mass is 16.3. The third-order valence-electron chi connectivity index (χ3n) is 3.71. The van der Waals surface area contributed by atoms with Gasteiger partial charge >= 0.3 is 0 Å². The summed E-state index contributed by atoms with van der Waals surface area (Å²) >= 11 is 0. The molecular formula is C19H18O. The summed E-state index contributed by atoms with van der Waals surface area (Å²) in [6.07, 6.45) is 5.66. The van der Waals surface area contributed by atoms with Crippen molar-refractivity contribution in [1.29, 1.82) is 0 Å². The van der Waals surface area contributed by atoms with Gasteiger partial charge in [0.25, 0.3) is 0 Å². The maximum absolute atomic E-state index is 10.4. The van der Waals surface area contributed by atoms with E-state index in [4.69, 9.17) is 0 Å². The van der Waals surface area contributed by atoms with E-state index in [1.54, 1.807) is 0 Å².